The molecular formula is C26H21Cl3N2O3S. The molecule has 5 nitrogen and oxygen atoms in total. The van der Waals surface area contributed by atoms with Crippen molar-refractivity contribution in [2.45, 2.75) is 40.8 Å². The van der Waals surface area contributed by atoms with Gasteiger partial charge >= 0.3 is 0 Å². The van der Waals surface area contributed by atoms with E-state index in [1.165, 1.54) is 17.8 Å². The van der Waals surface area contributed by atoms with E-state index in [-0.39, 0.29) is 44.9 Å². The van der Waals surface area contributed by atoms with Crippen molar-refractivity contribution >= 4 is 63.7 Å². The van der Waals surface area contributed by atoms with Crippen molar-refractivity contribution in [3.8, 4) is 0 Å². The number of nitro benzene ring substituents is 1. The zero-order valence-electron chi connectivity index (χ0n) is 18.6. The molecule has 0 spiro atoms. The first kappa shape index (κ1) is 24.4. The number of hydrogen-bond acceptors (Lipinski definition) is 5. The van der Waals surface area contributed by atoms with Crippen molar-refractivity contribution < 1.29 is 9.72 Å². The lowest BCUT2D eigenvalue weighted by molar-refractivity contribution is -0.387. The van der Waals surface area contributed by atoms with Gasteiger partial charge in [-0.15, -0.1) is 23.4 Å². The van der Waals surface area contributed by atoms with E-state index in [1.807, 2.05) is 30.3 Å². The maximum Gasteiger partial charge on any atom is 0.282 e. The minimum absolute atomic E-state index is 0.0145. The van der Waals surface area contributed by atoms with E-state index < -0.39 is 0 Å². The van der Waals surface area contributed by atoms with Gasteiger partial charge < -0.3 is 5.32 Å². The van der Waals surface area contributed by atoms with Crippen LogP contribution in [-0.2, 0) is 0 Å². The Hall–Kier alpha value is -2.25. The number of benzene rings is 3. The number of nitro groups is 1. The van der Waals surface area contributed by atoms with Gasteiger partial charge in [0.25, 0.3) is 5.69 Å². The van der Waals surface area contributed by atoms with Crippen LogP contribution in [0.3, 0.4) is 0 Å². The summed E-state index contributed by atoms with van der Waals surface area (Å²) in [5.41, 5.74) is 3.47. The van der Waals surface area contributed by atoms with Crippen LogP contribution in [0.15, 0.2) is 65.6 Å². The van der Waals surface area contributed by atoms with Gasteiger partial charge in [0.2, 0.25) is 0 Å². The zero-order chi connectivity index (χ0) is 24.9. The Labute approximate surface area is 222 Å². The molecule has 0 radical (unpaired) electrons. The summed E-state index contributed by atoms with van der Waals surface area (Å²) in [6.45, 7) is 1.55. The predicted octanol–water partition coefficient (Wildman–Crippen LogP) is 8.14. The summed E-state index contributed by atoms with van der Waals surface area (Å²) in [5, 5.41) is 15.8. The quantitative estimate of drug-likeness (QED) is 0.151. The second-order valence-electron chi connectivity index (χ2n) is 8.87. The smallest absolute Gasteiger partial charge is 0.282 e. The molecule has 0 amide bonds. The van der Waals surface area contributed by atoms with Gasteiger partial charge in [-0.25, -0.2) is 0 Å². The molecular weight excluding hydrogens is 527 g/mol. The van der Waals surface area contributed by atoms with Crippen molar-refractivity contribution in [2.24, 2.45) is 5.92 Å². The fraction of sp³-hybridized carbons (Fsp3) is 0.269. The standard InChI is InChI=1S/C26H21Cl3N2O3S/c1-13(32)14-9-10-19-16(11-14)23-17(26(30-19)15-5-4-6-18(27)24(15)28)12-22(25(23)29)35-21-8-3-2-7-20(21)31(33)34/h2-11,17,22-23,25-26,30H,12H2,1H3. The molecule has 5 unspecified atom stereocenters. The van der Waals surface area contributed by atoms with Crippen LogP contribution >= 0.6 is 46.6 Å². The molecule has 1 fully saturated rings. The van der Waals surface area contributed by atoms with Gasteiger partial charge in [-0.2, -0.15) is 0 Å². The number of anilines is 1. The number of nitrogens with one attached hydrogen (secondary N) is 1. The van der Waals surface area contributed by atoms with Crippen LogP contribution in [0, 0.1) is 16.0 Å². The first-order chi connectivity index (χ1) is 16.8. The minimum Gasteiger partial charge on any atom is -0.378 e. The molecule has 180 valence electrons. The Bertz CT molecular complexity index is 1330. The van der Waals surface area contributed by atoms with E-state index in [9.17, 15) is 14.9 Å². The number of halogens is 3. The lowest BCUT2D eigenvalue weighted by Gasteiger charge is -2.39. The third-order valence-electron chi connectivity index (χ3n) is 6.88. The molecule has 0 bridgehead atoms. The summed E-state index contributed by atoms with van der Waals surface area (Å²) in [5.74, 6) is -0.0460. The number of thioether (sulfide) groups is 1. The molecule has 1 N–H and O–H groups in total. The van der Waals surface area contributed by atoms with Crippen LogP contribution < -0.4 is 5.32 Å². The van der Waals surface area contributed by atoms with Crippen molar-refractivity contribution in [2.75, 3.05) is 5.32 Å². The van der Waals surface area contributed by atoms with Gasteiger partial charge in [-0.1, -0.05) is 47.5 Å². The molecule has 35 heavy (non-hydrogen) atoms. The molecule has 1 saturated carbocycles. The maximum absolute atomic E-state index is 12.1. The number of carbonyl (C=O) groups excluding carboxylic acids is 1. The maximum atomic E-state index is 12.1. The number of hydrogen-bond donors (Lipinski definition) is 1. The largest absolute Gasteiger partial charge is 0.378 e. The third kappa shape index (κ3) is 4.42. The van der Waals surface area contributed by atoms with Crippen LogP contribution in [0.25, 0.3) is 0 Å². The number of rotatable bonds is 5. The van der Waals surface area contributed by atoms with Crippen LogP contribution in [0.2, 0.25) is 10.0 Å². The average Bonchev–Trinajstić information content (AvgIpc) is 3.16. The van der Waals surface area contributed by atoms with E-state index in [4.69, 9.17) is 34.8 Å². The van der Waals surface area contributed by atoms with Gasteiger partial charge in [0, 0.05) is 28.5 Å². The lowest BCUT2D eigenvalue weighted by Crippen LogP contribution is -2.31. The predicted molar refractivity (Wildman–Crippen MR) is 143 cm³/mol. The summed E-state index contributed by atoms with van der Waals surface area (Å²) in [4.78, 5) is 23.9. The van der Waals surface area contributed by atoms with Crippen molar-refractivity contribution in [3.63, 3.8) is 0 Å². The molecule has 9 heteroatoms. The molecule has 1 aliphatic heterocycles. The summed E-state index contributed by atoms with van der Waals surface area (Å²) < 4.78 is 0. The van der Waals surface area contributed by atoms with Crippen molar-refractivity contribution in [1.82, 2.24) is 0 Å². The van der Waals surface area contributed by atoms with Crippen LogP contribution in [0.4, 0.5) is 11.4 Å². The number of fused-ring (bicyclic) bond motifs is 3. The highest BCUT2D eigenvalue weighted by Gasteiger charge is 2.50. The summed E-state index contributed by atoms with van der Waals surface area (Å²) in [6, 6.07) is 17.8. The molecule has 3 aromatic rings. The topological polar surface area (TPSA) is 72.2 Å². The zero-order valence-corrected chi connectivity index (χ0v) is 21.7. The van der Waals surface area contributed by atoms with Gasteiger partial charge in [-0.05, 0) is 60.7 Å². The first-order valence-electron chi connectivity index (χ1n) is 11.2. The van der Waals surface area contributed by atoms with E-state index >= 15 is 0 Å². The van der Waals surface area contributed by atoms with Crippen LogP contribution in [-0.4, -0.2) is 21.3 Å². The van der Waals surface area contributed by atoms with Gasteiger partial charge in [0.05, 0.1) is 31.3 Å². The molecule has 1 heterocycles. The molecule has 0 aromatic heterocycles. The highest BCUT2D eigenvalue weighted by Crippen LogP contribution is 2.58. The first-order valence-corrected chi connectivity index (χ1v) is 13.2. The Morgan fingerprint density at radius 3 is 2.60 bits per heavy atom. The summed E-state index contributed by atoms with van der Waals surface area (Å²) in [7, 11) is 0. The van der Waals surface area contributed by atoms with Gasteiger partial charge in [0.15, 0.2) is 5.78 Å². The van der Waals surface area contributed by atoms with E-state index in [0.29, 0.717) is 26.9 Å². The Morgan fingerprint density at radius 1 is 1.09 bits per heavy atom. The number of ketones is 1. The second kappa shape index (κ2) is 9.66. The van der Waals surface area contributed by atoms with Gasteiger partial charge in [-0.3, -0.25) is 14.9 Å². The fourth-order valence-corrected chi connectivity index (χ4v) is 7.64. The van der Waals surface area contributed by atoms with E-state index in [1.54, 1.807) is 31.2 Å². The summed E-state index contributed by atoms with van der Waals surface area (Å²) >= 11 is 21.6. The minimum atomic E-state index is -0.363. The number of Topliss-reactive ketones (excluding diaryl/α,β-unsaturated/α-hetero) is 1. The lowest BCUT2D eigenvalue weighted by atomic mass is 9.76. The molecule has 0 saturated heterocycles. The third-order valence-corrected chi connectivity index (χ3v) is 9.82. The molecule has 2 aliphatic rings. The van der Waals surface area contributed by atoms with Crippen LogP contribution in [0.5, 0.6) is 0 Å². The van der Waals surface area contributed by atoms with Crippen molar-refractivity contribution in [3.05, 3.63) is 97.5 Å². The van der Waals surface area contributed by atoms with E-state index in [2.05, 4.69) is 5.32 Å². The molecule has 3 aromatic carbocycles. The number of nitrogens with zero attached hydrogens (tertiary/aromatic N) is 1. The highest BCUT2D eigenvalue weighted by atomic mass is 35.5. The van der Waals surface area contributed by atoms with Gasteiger partial charge in [0.1, 0.15) is 0 Å². The van der Waals surface area contributed by atoms with Crippen molar-refractivity contribution in [1.29, 1.82) is 0 Å². The normalized spacial score (nSPS) is 24.9. The Kier molecular flexibility index (Phi) is 6.75. The monoisotopic (exact) mass is 546 g/mol. The number of para-hydroxylation sites is 1. The fourth-order valence-electron chi connectivity index (χ4n) is 5.27. The van der Waals surface area contributed by atoms with E-state index in [0.717, 1.165) is 16.8 Å². The highest BCUT2D eigenvalue weighted by molar-refractivity contribution is 8.00. The average molecular weight is 548 g/mol. The molecule has 1 aliphatic carbocycles. The number of carbonyl (C=O) groups is 1. The SMILES string of the molecule is CC(=O)c1ccc2c(c1)C1C(Cl)C(Sc3ccccc3[N+](=O)[O-])CC1C(c1cccc(Cl)c1Cl)N2. The summed E-state index contributed by atoms with van der Waals surface area (Å²) in [6.07, 6.45) is 0.708. The molecule has 5 atom stereocenters. The second-order valence-corrected chi connectivity index (χ2v) is 11.4. The van der Waals surface area contributed by atoms with Crippen LogP contribution in [0.1, 0.15) is 46.8 Å². The Morgan fingerprint density at radius 2 is 1.86 bits per heavy atom. The number of alkyl halides is 1. The molecule has 5 rings (SSSR count). The Balaban J connectivity index is 1.58.